The Balaban J connectivity index is 2.07. The highest BCUT2D eigenvalue weighted by Crippen LogP contribution is 2.16. The number of fused-ring (bicyclic) bond motifs is 1. The minimum Gasteiger partial charge on any atom is -0.346 e. The second-order valence-corrected chi connectivity index (χ2v) is 4.90. The molecule has 0 fully saturated rings. The molecule has 0 bridgehead atoms. The van der Waals surface area contributed by atoms with Gasteiger partial charge in [-0.05, 0) is 24.6 Å². The summed E-state index contributed by atoms with van der Waals surface area (Å²) in [6, 6.07) is 13.6. The smallest absolute Gasteiger partial charge is 0.329 e. The molecular weight excluding hydrogens is 266 g/mol. The van der Waals surface area contributed by atoms with E-state index < -0.39 is 11.8 Å². The summed E-state index contributed by atoms with van der Waals surface area (Å²) in [6.45, 7) is 3.56. The van der Waals surface area contributed by atoms with Crippen LogP contribution in [0.5, 0.6) is 0 Å². The molecule has 5 nitrogen and oxygen atoms in total. The number of benzene rings is 2. The fourth-order valence-corrected chi connectivity index (χ4v) is 1.90. The van der Waals surface area contributed by atoms with Crippen LogP contribution in [0.3, 0.4) is 0 Å². The second kappa shape index (κ2) is 6.65. The minimum absolute atomic E-state index is 0.0923. The SMILES string of the molecule is CC(C)NC(=O)C(=O)N/N=C\c1cccc2ccccc12. The summed E-state index contributed by atoms with van der Waals surface area (Å²) in [4.78, 5) is 22.9. The van der Waals surface area contributed by atoms with Gasteiger partial charge in [-0.1, -0.05) is 42.5 Å². The Hall–Kier alpha value is -2.69. The van der Waals surface area contributed by atoms with E-state index in [9.17, 15) is 9.59 Å². The van der Waals surface area contributed by atoms with Crippen LogP contribution in [-0.2, 0) is 9.59 Å². The van der Waals surface area contributed by atoms with E-state index in [2.05, 4.69) is 15.8 Å². The molecule has 2 aromatic rings. The maximum absolute atomic E-state index is 11.5. The highest BCUT2D eigenvalue weighted by molar-refractivity contribution is 6.35. The molecule has 2 N–H and O–H groups in total. The van der Waals surface area contributed by atoms with E-state index in [1.807, 2.05) is 42.5 Å². The highest BCUT2D eigenvalue weighted by Gasteiger charge is 2.12. The zero-order chi connectivity index (χ0) is 15.2. The van der Waals surface area contributed by atoms with Gasteiger partial charge in [0.25, 0.3) is 0 Å². The normalized spacial score (nSPS) is 11.0. The first-order valence-corrected chi connectivity index (χ1v) is 6.69. The summed E-state index contributed by atoms with van der Waals surface area (Å²) in [7, 11) is 0. The molecule has 5 heteroatoms. The summed E-state index contributed by atoms with van der Waals surface area (Å²) >= 11 is 0. The average Bonchev–Trinajstić information content (AvgIpc) is 2.46. The predicted octanol–water partition coefficient (Wildman–Crippen LogP) is 1.81. The maximum atomic E-state index is 11.5. The Bertz CT molecular complexity index is 687. The maximum Gasteiger partial charge on any atom is 0.329 e. The van der Waals surface area contributed by atoms with E-state index in [1.54, 1.807) is 13.8 Å². The number of hydrogen-bond acceptors (Lipinski definition) is 3. The molecule has 0 aromatic heterocycles. The number of nitrogens with zero attached hydrogens (tertiary/aromatic N) is 1. The number of rotatable bonds is 3. The van der Waals surface area contributed by atoms with Gasteiger partial charge in [0.1, 0.15) is 0 Å². The lowest BCUT2D eigenvalue weighted by Crippen LogP contribution is -2.41. The van der Waals surface area contributed by atoms with Gasteiger partial charge in [-0.15, -0.1) is 0 Å². The van der Waals surface area contributed by atoms with Crippen molar-refractivity contribution in [3.8, 4) is 0 Å². The molecule has 0 heterocycles. The van der Waals surface area contributed by atoms with E-state index in [0.29, 0.717) is 0 Å². The minimum atomic E-state index is -0.778. The van der Waals surface area contributed by atoms with Crippen molar-refractivity contribution in [2.75, 3.05) is 0 Å². The third kappa shape index (κ3) is 3.89. The van der Waals surface area contributed by atoms with Crippen molar-refractivity contribution in [1.29, 1.82) is 0 Å². The zero-order valence-electron chi connectivity index (χ0n) is 12.0. The highest BCUT2D eigenvalue weighted by atomic mass is 16.2. The van der Waals surface area contributed by atoms with Crippen LogP contribution in [0.2, 0.25) is 0 Å². The van der Waals surface area contributed by atoms with Crippen molar-refractivity contribution in [1.82, 2.24) is 10.7 Å². The average molecular weight is 283 g/mol. The van der Waals surface area contributed by atoms with Gasteiger partial charge in [-0.25, -0.2) is 5.43 Å². The van der Waals surface area contributed by atoms with Gasteiger partial charge in [-0.2, -0.15) is 5.10 Å². The summed E-state index contributed by atoms with van der Waals surface area (Å²) in [6.07, 6.45) is 1.53. The van der Waals surface area contributed by atoms with Crippen molar-refractivity contribution in [3.63, 3.8) is 0 Å². The van der Waals surface area contributed by atoms with Crippen molar-refractivity contribution in [3.05, 3.63) is 48.0 Å². The number of hydrogen-bond donors (Lipinski definition) is 2. The zero-order valence-corrected chi connectivity index (χ0v) is 12.0. The van der Waals surface area contributed by atoms with Crippen LogP contribution in [0.25, 0.3) is 10.8 Å². The van der Waals surface area contributed by atoms with Crippen molar-refractivity contribution < 1.29 is 9.59 Å². The lowest BCUT2D eigenvalue weighted by Gasteiger charge is -2.06. The van der Waals surface area contributed by atoms with Gasteiger partial charge in [0.15, 0.2) is 0 Å². The topological polar surface area (TPSA) is 70.6 Å². The van der Waals surface area contributed by atoms with Gasteiger partial charge in [0.2, 0.25) is 0 Å². The molecule has 2 rings (SSSR count). The van der Waals surface area contributed by atoms with E-state index in [0.717, 1.165) is 16.3 Å². The number of amides is 2. The summed E-state index contributed by atoms with van der Waals surface area (Å²) < 4.78 is 0. The molecule has 0 unspecified atom stereocenters. The summed E-state index contributed by atoms with van der Waals surface area (Å²) in [5.41, 5.74) is 3.09. The van der Waals surface area contributed by atoms with Gasteiger partial charge in [0.05, 0.1) is 6.21 Å². The third-order valence-corrected chi connectivity index (χ3v) is 2.82. The fourth-order valence-electron chi connectivity index (χ4n) is 1.90. The van der Waals surface area contributed by atoms with Gasteiger partial charge < -0.3 is 5.32 Å². The molecule has 0 saturated heterocycles. The molecule has 2 aromatic carbocycles. The molecule has 2 amide bonds. The molecule has 0 aliphatic rings. The van der Waals surface area contributed by atoms with Crippen molar-refractivity contribution in [2.24, 2.45) is 5.10 Å². The van der Waals surface area contributed by atoms with E-state index in [1.165, 1.54) is 6.21 Å². The largest absolute Gasteiger partial charge is 0.346 e. The quantitative estimate of drug-likeness (QED) is 0.512. The molecule has 0 atom stereocenters. The Labute approximate surface area is 123 Å². The van der Waals surface area contributed by atoms with E-state index in [-0.39, 0.29) is 6.04 Å². The molecule has 21 heavy (non-hydrogen) atoms. The van der Waals surface area contributed by atoms with E-state index >= 15 is 0 Å². The fraction of sp³-hybridized carbons (Fsp3) is 0.188. The summed E-state index contributed by atoms with van der Waals surface area (Å²) in [5.74, 6) is -1.47. The lowest BCUT2D eigenvalue weighted by molar-refractivity contribution is -0.139. The summed E-state index contributed by atoms with van der Waals surface area (Å²) in [5, 5.41) is 8.45. The first-order chi connectivity index (χ1) is 10.1. The van der Waals surface area contributed by atoms with Gasteiger partial charge in [-0.3, -0.25) is 9.59 Å². The first kappa shape index (κ1) is 14.7. The predicted molar refractivity (Wildman–Crippen MR) is 83.0 cm³/mol. The standard InChI is InChI=1S/C16H17N3O2/c1-11(2)18-15(20)16(21)19-17-10-13-8-5-7-12-6-3-4-9-14(12)13/h3-11H,1-2H3,(H,18,20)(H,19,21)/b17-10-. The Morgan fingerprint density at radius 2 is 1.76 bits per heavy atom. The van der Waals surface area contributed by atoms with Crippen LogP contribution in [0.1, 0.15) is 19.4 Å². The molecule has 0 aliphatic heterocycles. The first-order valence-electron chi connectivity index (χ1n) is 6.69. The molecule has 0 spiro atoms. The molecular formula is C16H17N3O2. The molecule has 0 saturated carbocycles. The van der Waals surface area contributed by atoms with Crippen LogP contribution < -0.4 is 10.7 Å². The van der Waals surface area contributed by atoms with Gasteiger partial charge >= 0.3 is 11.8 Å². The Morgan fingerprint density at radius 3 is 2.52 bits per heavy atom. The second-order valence-electron chi connectivity index (χ2n) is 4.90. The van der Waals surface area contributed by atoms with Crippen molar-refractivity contribution >= 4 is 28.8 Å². The van der Waals surface area contributed by atoms with Crippen LogP contribution in [-0.4, -0.2) is 24.1 Å². The Morgan fingerprint density at radius 1 is 1.05 bits per heavy atom. The Kier molecular flexibility index (Phi) is 4.66. The third-order valence-electron chi connectivity index (χ3n) is 2.82. The van der Waals surface area contributed by atoms with Crippen LogP contribution in [0, 0.1) is 0 Å². The van der Waals surface area contributed by atoms with Crippen LogP contribution >= 0.6 is 0 Å². The number of nitrogens with one attached hydrogen (secondary N) is 2. The monoisotopic (exact) mass is 283 g/mol. The van der Waals surface area contributed by atoms with E-state index in [4.69, 9.17) is 0 Å². The number of carbonyl (C=O) groups excluding carboxylic acids is 2. The van der Waals surface area contributed by atoms with Crippen LogP contribution in [0.15, 0.2) is 47.6 Å². The van der Waals surface area contributed by atoms with Crippen molar-refractivity contribution in [2.45, 2.75) is 19.9 Å². The molecule has 108 valence electrons. The number of carbonyl (C=O) groups is 2. The van der Waals surface area contributed by atoms with Gasteiger partial charge in [0, 0.05) is 11.6 Å². The lowest BCUT2D eigenvalue weighted by atomic mass is 10.1. The molecule has 0 radical (unpaired) electrons. The van der Waals surface area contributed by atoms with Crippen LogP contribution in [0.4, 0.5) is 0 Å². The number of hydrazone groups is 1. The molecule has 0 aliphatic carbocycles.